The zero-order valence-electron chi connectivity index (χ0n) is 24.1. The Labute approximate surface area is 283 Å². The molecule has 0 aliphatic carbocycles. The lowest BCUT2D eigenvalue weighted by Gasteiger charge is -2.27. The monoisotopic (exact) mass is 744 g/mol. The van der Waals surface area contributed by atoms with Gasteiger partial charge < -0.3 is 44.9 Å². The topological polar surface area (TPSA) is 63.0 Å². The maximum atomic E-state index is 2.60. The summed E-state index contributed by atoms with van der Waals surface area (Å²) in [5, 5.41) is 8.14. The lowest BCUT2D eigenvalue weighted by molar-refractivity contribution is -0.00100. The van der Waals surface area contributed by atoms with Crippen molar-refractivity contribution >= 4 is 46.4 Å². The van der Waals surface area contributed by atoms with Crippen molar-refractivity contribution in [1.82, 2.24) is 0 Å². The lowest BCUT2D eigenvalue weighted by Crippen LogP contribution is -3.00. The van der Waals surface area contributed by atoms with Crippen LogP contribution in [-0.2, 0) is 0 Å². The molecule has 4 N–H and O–H groups in total. The van der Waals surface area contributed by atoms with E-state index in [1.807, 2.05) is 0 Å². The van der Waals surface area contributed by atoms with E-state index >= 15 is 0 Å². The first-order valence-electron chi connectivity index (χ1n) is 13.7. The van der Waals surface area contributed by atoms with Gasteiger partial charge in [0.1, 0.15) is 58.0 Å². The molecule has 0 saturated carbocycles. The van der Waals surface area contributed by atoms with E-state index in [9.17, 15) is 0 Å². The molecular formula is C38H36Br2O2P2. The molecule has 0 aliphatic heterocycles. The number of hydrogen-bond donors (Lipinski definition) is 0. The van der Waals surface area contributed by atoms with Gasteiger partial charge in [-0.15, -0.1) is 0 Å². The second-order valence-corrected chi connectivity index (χ2v) is 16.3. The minimum atomic E-state index is -2.16. The van der Waals surface area contributed by atoms with Crippen molar-refractivity contribution in [3.8, 4) is 0 Å². The maximum absolute atomic E-state index is 2.60. The van der Waals surface area contributed by atoms with Crippen LogP contribution in [0, 0.1) is 0 Å². The third kappa shape index (κ3) is 7.19. The second-order valence-electron chi connectivity index (χ2n) is 9.76. The Balaban J connectivity index is 0.00000169. The summed E-state index contributed by atoms with van der Waals surface area (Å²) in [5.41, 5.74) is 0. The fourth-order valence-electron chi connectivity index (χ4n) is 5.59. The largest absolute Gasteiger partial charge is 1.00 e. The molecule has 0 fully saturated rings. The zero-order valence-corrected chi connectivity index (χ0v) is 29.1. The van der Waals surface area contributed by atoms with E-state index in [1.54, 1.807) is 0 Å². The summed E-state index contributed by atoms with van der Waals surface area (Å²) in [6, 6.07) is 66.6. The van der Waals surface area contributed by atoms with Crippen molar-refractivity contribution in [3.05, 3.63) is 194 Å². The summed E-state index contributed by atoms with van der Waals surface area (Å²) in [5.74, 6) is 5.21. The van der Waals surface area contributed by atoms with Crippen molar-refractivity contribution in [1.29, 1.82) is 0 Å². The summed E-state index contributed by atoms with van der Waals surface area (Å²) < 4.78 is 0. The third-order valence-electron chi connectivity index (χ3n) is 7.49. The smallest absolute Gasteiger partial charge is 0.140 e. The van der Waals surface area contributed by atoms with Gasteiger partial charge in [0, 0.05) is 0 Å². The minimum Gasteiger partial charge on any atom is -1.00 e. The summed E-state index contributed by atoms with van der Waals surface area (Å²) in [6.45, 7) is 0. The highest BCUT2D eigenvalue weighted by molar-refractivity contribution is 8.01. The fourth-order valence-corrected chi connectivity index (χ4v) is 13.9. The number of halogens is 2. The molecule has 6 rings (SSSR count). The van der Waals surface area contributed by atoms with Crippen molar-refractivity contribution in [3.63, 3.8) is 0 Å². The molecular weight excluding hydrogens is 710 g/mol. The second kappa shape index (κ2) is 17.3. The van der Waals surface area contributed by atoms with Gasteiger partial charge in [-0.3, -0.25) is 0 Å². The Morgan fingerprint density at radius 3 is 0.523 bits per heavy atom. The van der Waals surface area contributed by atoms with E-state index in [2.05, 4.69) is 194 Å². The predicted molar refractivity (Wildman–Crippen MR) is 187 cm³/mol. The van der Waals surface area contributed by atoms with Crippen molar-refractivity contribution in [2.45, 2.75) is 0 Å². The van der Waals surface area contributed by atoms with Gasteiger partial charge in [-0.25, -0.2) is 0 Å². The highest BCUT2D eigenvalue weighted by atomic mass is 79.9. The standard InChI is InChI=1S/C38H32P2.2BrH.2H2O/c1-7-19-33(20-8-1)39(34-21-9-2-10-22-34,35-23-11-3-12-24-35)31-32-40(36-25-13-4-14-26-36,37-27-15-5-16-28-37)38-29-17-6-18-30-38;;;;/h1-32H;2*1H;2*1H2/q+2;;;;/p-2/b32-31+;;;;. The van der Waals surface area contributed by atoms with E-state index in [-0.39, 0.29) is 44.9 Å². The first-order valence-corrected chi connectivity index (χ1v) is 17.4. The van der Waals surface area contributed by atoms with Crippen LogP contribution in [0.4, 0.5) is 0 Å². The molecule has 0 spiro atoms. The van der Waals surface area contributed by atoms with Gasteiger partial charge >= 0.3 is 0 Å². The van der Waals surface area contributed by atoms with Crippen LogP contribution in [0.2, 0.25) is 0 Å². The molecule has 0 unspecified atom stereocenters. The van der Waals surface area contributed by atoms with E-state index in [4.69, 9.17) is 0 Å². The summed E-state index contributed by atoms with van der Waals surface area (Å²) >= 11 is 0. The fraction of sp³-hybridized carbons (Fsp3) is 0. The molecule has 44 heavy (non-hydrogen) atoms. The zero-order chi connectivity index (χ0) is 27.1. The Bertz CT molecular complexity index is 1350. The molecule has 224 valence electrons. The predicted octanol–water partition coefficient (Wildman–Crippen LogP) is -0.196. The van der Waals surface area contributed by atoms with Crippen LogP contribution in [0.25, 0.3) is 0 Å². The molecule has 6 heteroatoms. The van der Waals surface area contributed by atoms with Crippen LogP contribution >= 0.6 is 14.5 Å². The summed E-state index contributed by atoms with van der Waals surface area (Å²) in [6.07, 6.45) is 0. The highest BCUT2D eigenvalue weighted by Gasteiger charge is 2.49. The highest BCUT2D eigenvalue weighted by Crippen LogP contribution is 2.63. The SMILES string of the molecule is C(=C\[P+](c1ccccc1)(c1ccccc1)c1ccccc1)/[P+](c1ccccc1)(c1ccccc1)c1ccccc1.O.O.[Br-].[Br-]. The first-order chi connectivity index (χ1) is 19.8. The van der Waals surface area contributed by atoms with Crippen molar-refractivity contribution in [2.75, 3.05) is 0 Å². The van der Waals surface area contributed by atoms with Crippen LogP contribution in [0.15, 0.2) is 194 Å². The summed E-state index contributed by atoms with van der Waals surface area (Å²) in [4.78, 5) is 0. The van der Waals surface area contributed by atoms with Crippen LogP contribution in [0.5, 0.6) is 0 Å². The number of hydrogen-bond acceptors (Lipinski definition) is 0. The van der Waals surface area contributed by atoms with Crippen LogP contribution in [-0.4, -0.2) is 11.0 Å². The first kappa shape index (κ1) is 37.0. The Morgan fingerprint density at radius 2 is 0.386 bits per heavy atom. The van der Waals surface area contributed by atoms with Crippen molar-refractivity contribution in [2.24, 2.45) is 0 Å². The van der Waals surface area contributed by atoms with Crippen molar-refractivity contribution < 1.29 is 44.9 Å². The third-order valence-corrected chi connectivity index (χ3v) is 15.6. The lowest BCUT2D eigenvalue weighted by atomic mass is 10.4. The normalized spacial score (nSPS) is 10.8. The Kier molecular flexibility index (Phi) is 14.6. The molecule has 0 aliphatic rings. The average molecular weight is 746 g/mol. The quantitative estimate of drug-likeness (QED) is 0.194. The molecule has 0 bridgehead atoms. The van der Waals surface area contributed by atoms with Gasteiger partial charge in [0.2, 0.25) is 0 Å². The van der Waals surface area contributed by atoms with E-state index < -0.39 is 14.5 Å². The van der Waals surface area contributed by atoms with Gasteiger partial charge in [0.25, 0.3) is 0 Å². The van der Waals surface area contributed by atoms with Gasteiger partial charge in [-0.05, 0) is 72.8 Å². The molecule has 0 radical (unpaired) electrons. The van der Waals surface area contributed by atoms with Crippen LogP contribution < -0.4 is 65.8 Å². The molecule has 0 atom stereocenters. The van der Waals surface area contributed by atoms with Gasteiger partial charge in [-0.1, -0.05) is 109 Å². The molecule has 0 amide bonds. The maximum Gasteiger partial charge on any atom is 0.140 e. The van der Waals surface area contributed by atoms with E-state index in [0.717, 1.165) is 0 Å². The van der Waals surface area contributed by atoms with E-state index in [0.29, 0.717) is 0 Å². The van der Waals surface area contributed by atoms with Gasteiger partial charge in [0.15, 0.2) is 0 Å². The summed E-state index contributed by atoms with van der Waals surface area (Å²) in [7, 11) is -4.33. The molecule has 6 aromatic carbocycles. The molecule has 0 saturated heterocycles. The van der Waals surface area contributed by atoms with E-state index in [1.165, 1.54) is 31.8 Å². The number of benzene rings is 6. The molecule has 0 aromatic heterocycles. The minimum absolute atomic E-state index is 0. The molecule has 0 heterocycles. The van der Waals surface area contributed by atoms with Gasteiger partial charge in [-0.2, -0.15) is 0 Å². The molecule has 2 nitrogen and oxygen atoms in total. The van der Waals surface area contributed by atoms with Crippen LogP contribution in [0.3, 0.4) is 0 Å². The van der Waals surface area contributed by atoms with Crippen LogP contribution in [0.1, 0.15) is 0 Å². The Hall–Kier alpha value is -3.20. The van der Waals surface area contributed by atoms with Gasteiger partial charge in [0.05, 0.1) is 0 Å². The average Bonchev–Trinajstić information content (AvgIpc) is 3.06. The number of rotatable bonds is 8. The molecule has 6 aromatic rings. The Morgan fingerprint density at radius 1 is 0.250 bits per heavy atom.